The second-order valence-corrected chi connectivity index (χ2v) is 24.7. The van der Waals surface area contributed by atoms with Crippen molar-refractivity contribution in [2.45, 2.75) is 127 Å². The van der Waals surface area contributed by atoms with Gasteiger partial charge in [0.2, 0.25) is 5.56 Å². The van der Waals surface area contributed by atoms with Gasteiger partial charge < -0.3 is 34.6 Å². The number of aromatic hydroxyl groups is 1. The minimum atomic E-state index is -2.28. The van der Waals surface area contributed by atoms with Gasteiger partial charge in [-0.3, -0.25) is 19.3 Å². The van der Waals surface area contributed by atoms with E-state index in [4.69, 9.17) is 25.5 Å². The molecule has 1 amide bonds. The summed E-state index contributed by atoms with van der Waals surface area (Å²) in [4.78, 5) is 44.9. The molecular weight excluding hydrogens is 832 g/mol. The second kappa shape index (κ2) is 19.9. The molecule has 0 spiro atoms. The van der Waals surface area contributed by atoms with Gasteiger partial charge in [-0.2, -0.15) is 0 Å². The first-order chi connectivity index (χ1) is 30.1. The number of amides is 1. The SMILES string of the molecule is COc1cc(C(=O)NCCCCc2cccc(C3(C(=O)O[C@H]4CN5CCC4CC5)CCCCC3)c2)c(Cl)cc1CNC[C@@H](O[Si](C)(C)C(C)(C)C)c1ccc(O)c2[nH]c(=O)ccc12. The molecule has 1 saturated carbocycles. The summed E-state index contributed by atoms with van der Waals surface area (Å²) in [5, 5.41) is 18.1. The van der Waals surface area contributed by atoms with Gasteiger partial charge in [0.1, 0.15) is 17.6 Å². The average molecular weight is 900 g/mol. The van der Waals surface area contributed by atoms with E-state index in [0.29, 0.717) is 52.8 Å². The zero-order valence-electron chi connectivity index (χ0n) is 38.0. The van der Waals surface area contributed by atoms with Crippen molar-refractivity contribution in [1.29, 1.82) is 0 Å². The maximum Gasteiger partial charge on any atom is 0.316 e. The predicted octanol–water partition coefficient (Wildman–Crippen LogP) is 9.34. The van der Waals surface area contributed by atoms with Gasteiger partial charge in [-0.15, -0.1) is 0 Å². The largest absolute Gasteiger partial charge is 0.506 e. The molecule has 63 heavy (non-hydrogen) atoms. The summed E-state index contributed by atoms with van der Waals surface area (Å²) >= 11 is 6.77. The highest BCUT2D eigenvalue weighted by atomic mass is 35.5. The van der Waals surface area contributed by atoms with E-state index < -0.39 is 19.8 Å². The van der Waals surface area contributed by atoms with E-state index in [2.05, 4.69) is 78.6 Å². The summed E-state index contributed by atoms with van der Waals surface area (Å²) in [5.41, 5.74) is 3.77. The fraction of sp³-hybridized carbons (Fsp3) is 0.540. The number of benzene rings is 3. The summed E-state index contributed by atoms with van der Waals surface area (Å²) in [6, 6.07) is 18.7. The number of hydrogen-bond donors (Lipinski definition) is 4. The number of unbranched alkanes of at least 4 members (excludes halogenated alkanes) is 1. The van der Waals surface area contributed by atoms with Gasteiger partial charge >= 0.3 is 5.97 Å². The quantitative estimate of drug-likeness (QED) is 0.0464. The van der Waals surface area contributed by atoms with Crippen LogP contribution in [-0.2, 0) is 32.3 Å². The van der Waals surface area contributed by atoms with Crippen LogP contribution in [0.15, 0.2) is 65.5 Å². The van der Waals surface area contributed by atoms with Crippen molar-refractivity contribution < 1.29 is 28.6 Å². The molecule has 1 aliphatic carbocycles. The molecule has 11 nitrogen and oxygen atoms in total. The van der Waals surface area contributed by atoms with Gasteiger partial charge in [0.15, 0.2) is 8.32 Å². The molecule has 3 aliphatic heterocycles. The third-order valence-corrected chi connectivity index (χ3v) is 19.2. The molecule has 1 aromatic heterocycles. The van der Waals surface area contributed by atoms with Crippen LogP contribution in [0, 0.1) is 5.92 Å². The maximum absolute atomic E-state index is 14.1. The Kier molecular flexibility index (Phi) is 14.8. The maximum atomic E-state index is 14.1. The van der Waals surface area contributed by atoms with Gasteiger partial charge in [-0.05, 0) is 123 Å². The highest BCUT2D eigenvalue weighted by Crippen LogP contribution is 2.44. The van der Waals surface area contributed by atoms with Crippen LogP contribution in [0.2, 0.25) is 23.2 Å². The molecule has 4 fully saturated rings. The number of phenolic OH excluding ortho intramolecular Hbond substituents is 1. The Labute approximate surface area is 378 Å². The number of piperidine rings is 3. The van der Waals surface area contributed by atoms with E-state index in [0.717, 1.165) is 101 Å². The number of halogens is 1. The number of phenols is 1. The van der Waals surface area contributed by atoms with Crippen LogP contribution in [0.4, 0.5) is 0 Å². The molecule has 340 valence electrons. The zero-order valence-corrected chi connectivity index (χ0v) is 39.8. The number of methoxy groups -OCH3 is 1. The number of esters is 1. The Hall–Kier alpha value is -4.20. The van der Waals surface area contributed by atoms with Crippen molar-refractivity contribution in [1.82, 2.24) is 20.5 Å². The lowest BCUT2D eigenvalue weighted by atomic mass is 9.69. The summed E-state index contributed by atoms with van der Waals surface area (Å²) in [6.07, 6.45) is 9.26. The number of nitrogens with zero attached hydrogens (tertiary/aromatic N) is 1. The summed E-state index contributed by atoms with van der Waals surface area (Å²) in [5.74, 6) is 0.731. The van der Waals surface area contributed by atoms with Crippen LogP contribution in [0.25, 0.3) is 10.9 Å². The Balaban J connectivity index is 0.945. The minimum Gasteiger partial charge on any atom is -0.506 e. The van der Waals surface area contributed by atoms with Gasteiger partial charge in [0, 0.05) is 43.2 Å². The lowest BCUT2D eigenvalue weighted by molar-refractivity contribution is -0.167. The van der Waals surface area contributed by atoms with Gasteiger partial charge in [-0.25, -0.2) is 0 Å². The topological polar surface area (TPSA) is 142 Å². The molecule has 4 aliphatic rings. The Morgan fingerprint density at radius 3 is 2.48 bits per heavy atom. The number of aromatic nitrogens is 1. The van der Waals surface area contributed by atoms with E-state index >= 15 is 0 Å². The van der Waals surface area contributed by atoms with Crippen molar-refractivity contribution in [2.75, 3.05) is 39.8 Å². The zero-order chi connectivity index (χ0) is 44.9. The first-order valence-corrected chi connectivity index (χ1v) is 26.3. The first kappa shape index (κ1) is 46.8. The summed E-state index contributed by atoms with van der Waals surface area (Å²) in [6.45, 7) is 15.4. The molecule has 4 aromatic rings. The standard InChI is InChI=1S/C50H67ClN4O7Si/c1-49(2,3)63(5,6)62-43(37-16-18-41(56)46-38(37)17-19-45(57)54-46)31-52-30-35-28-40(51)39(29-42(35)60-4)47(58)53-24-11-8-13-33-14-12-15-36(27-33)50(22-9-7-10-23-50)48(59)61-44-32-55-25-20-34(44)21-26-55/h12,14-19,27-29,34,43-44,52,56H,7-11,13,20-26,30-32H2,1-6H3,(H,53,58)(H,54,57)/t43-,44+/m1/s1. The van der Waals surface area contributed by atoms with E-state index in [1.165, 1.54) is 11.6 Å². The van der Waals surface area contributed by atoms with E-state index in [1.807, 2.05) is 6.07 Å². The number of hydrogen-bond acceptors (Lipinski definition) is 9. The highest BCUT2D eigenvalue weighted by molar-refractivity contribution is 6.74. The molecule has 2 bridgehead atoms. The summed E-state index contributed by atoms with van der Waals surface area (Å²) in [7, 11) is -0.701. The number of pyridine rings is 1. The fourth-order valence-electron chi connectivity index (χ4n) is 9.56. The van der Waals surface area contributed by atoms with Gasteiger partial charge in [0.25, 0.3) is 5.91 Å². The van der Waals surface area contributed by atoms with Crippen LogP contribution < -0.4 is 20.9 Å². The number of aryl methyl sites for hydroxylation is 1. The van der Waals surface area contributed by atoms with E-state index in [1.54, 1.807) is 31.4 Å². The highest BCUT2D eigenvalue weighted by Gasteiger charge is 2.46. The molecule has 4 N–H and O–H groups in total. The number of rotatable bonds is 17. The van der Waals surface area contributed by atoms with Crippen molar-refractivity contribution in [3.63, 3.8) is 0 Å². The molecule has 3 aromatic carbocycles. The van der Waals surface area contributed by atoms with Crippen LogP contribution >= 0.6 is 11.6 Å². The Morgan fingerprint density at radius 1 is 1.02 bits per heavy atom. The number of aromatic amines is 1. The van der Waals surface area contributed by atoms with Crippen molar-refractivity contribution in [3.05, 3.63) is 104 Å². The normalized spacial score (nSPS) is 20.3. The predicted molar refractivity (Wildman–Crippen MR) is 252 cm³/mol. The Bertz CT molecular complexity index is 2310. The van der Waals surface area contributed by atoms with Crippen molar-refractivity contribution in [2.24, 2.45) is 5.92 Å². The number of fused-ring (bicyclic) bond motifs is 4. The number of carbonyl (C=O) groups excluding carboxylic acids is 2. The molecule has 2 atom stereocenters. The number of nitrogens with one attached hydrogen (secondary N) is 3. The van der Waals surface area contributed by atoms with Gasteiger partial charge in [0.05, 0.1) is 34.7 Å². The number of H-pyrrole nitrogens is 1. The van der Waals surface area contributed by atoms with E-state index in [9.17, 15) is 19.5 Å². The van der Waals surface area contributed by atoms with Gasteiger partial charge in [-0.1, -0.05) is 82.0 Å². The first-order valence-electron chi connectivity index (χ1n) is 23.0. The second-order valence-electron chi connectivity index (χ2n) is 19.6. The molecule has 0 unspecified atom stereocenters. The van der Waals surface area contributed by atoms with Crippen molar-refractivity contribution in [3.8, 4) is 11.5 Å². The smallest absolute Gasteiger partial charge is 0.316 e. The number of carbonyl (C=O) groups is 2. The lowest BCUT2D eigenvalue weighted by Crippen LogP contribution is -2.53. The molecule has 3 saturated heterocycles. The molecule has 4 heterocycles. The fourth-order valence-corrected chi connectivity index (χ4v) is 11.1. The number of ether oxygens (including phenoxy) is 2. The van der Waals surface area contributed by atoms with E-state index in [-0.39, 0.29) is 34.3 Å². The van der Waals surface area contributed by atoms with Crippen molar-refractivity contribution >= 4 is 42.7 Å². The average Bonchev–Trinajstić information content (AvgIpc) is 3.26. The third kappa shape index (κ3) is 10.7. The monoisotopic (exact) mass is 898 g/mol. The summed E-state index contributed by atoms with van der Waals surface area (Å²) < 4.78 is 19.1. The van der Waals surface area contributed by atoms with Crippen LogP contribution in [-0.4, -0.2) is 81.1 Å². The van der Waals surface area contributed by atoms with Crippen LogP contribution in [0.1, 0.15) is 117 Å². The van der Waals surface area contributed by atoms with Crippen LogP contribution in [0.3, 0.4) is 0 Å². The third-order valence-electron chi connectivity index (χ3n) is 14.4. The molecule has 8 rings (SSSR count). The molecule has 0 radical (unpaired) electrons. The molecule has 13 heteroatoms. The van der Waals surface area contributed by atoms with Crippen LogP contribution in [0.5, 0.6) is 11.5 Å². The lowest BCUT2D eigenvalue weighted by Gasteiger charge is -2.45. The minimum absolute atomic E-state index is 0.00193. The molecular formula is C50H67ClN4O7Si. The Morgan fingerprint density at radius 2 is 1.78 bits per heavy atom.